The molecule has 0 radical (unpaired) electrons. The molecular formula is C15H21BrN2O. The predicted molar refractivity (Wildman–Crippen MR) is 81.5 cm³/mol. The Morgan fingerprint density at radius 3 is 2.37 bits per heavy atom. The van der Waals surface area contributed by atoms with Gasteiger partial charge in [-0.1, -0.05) is 6.07 Å². The van der Waals surface area contributed by atoms with Crippen molar-refractivity contribution < 1.29 is 4.79 Å². The van der Waals surface area contributed by atoms with Gasteiger partial charge >= 0.3 is 0 Å². The zero-order chi connectivity index (χ0) is 14.2. The predicted octanol–water partition coefficient (Wildman–Crippen LogP) is 2.92. The number of aryl methyl sites for hydroxylation is 1. The van der Waals surface area contributed by atoms with E-state index in [4.69, 9.17) is 0 Å². The first-order valence-corrected chi connectivity index (χ1v) is 7.47. The zero-order valence-electron chi connectivity index (χ0n) is 12.0. The molecule has 1 saturated heterocycles. The minimum atomic E-state index is 0.124. The number of halogens is 1. The van der Waals surface area contributed by atoms with Gasteiger partial charge in [-0.15, -0.1) is 0 Å². The van der Waals surface area contributed by atoms with Crippen molar-refractivity contribution in [2.24, 2.45) is 0 Å². The normalized spacial score (nSPS) is 24.6. The lowest BCUT2D eigenvalue weighted by molar-refractivity contribution is 0.0413. The molecule has 1 amide bonds. The maximum absolute atomic E-state index is 12.6. The van der Waals surface area contributed by atoms with Crippen molar-refractivity contribution in [2.75, 3.05) is 20.1 Å². The highest BCUT2D eigenvalue weighted by atomic mass is 79.9. The third-order valence-corrected chi connectivity index (χ3v) is 4.66. The van der Waals surface area contributed by atoms with Crippen LogP contribution in [-0.2, 0) is 0 Å². The summed E-state index contributed by atoms with van der Waals surface area (Å²) in [7, 11) is 2.12. The van der Waals surface area contributed by atoms with E-state index in [9.17, 15) is 4.79 Å². The van der Waals surface area contributed by atoms with Gasteiger partial charge in [-0.25, -0.2) is 0 Å². The van der Waals surface area contributed by atoms with Gasteiger partial charge in [0.1, 0.15) is 0 Å². The number of carbonyl (C=O) groups is 1. The summed E-state index contributed by atoms with van der Waals surface area (Å²) in [6.45, 7) is 7.94. The number of rotatable bonds is 1. The van der Waals surface area contributed by atoms with E-state index in [0.717, 1.165) is 28.7 Å². The molecule has 2 unspecified atom stereocenters. The lowest BCUT2D eigenvalue weighted by atomic mass is 10.1. The van der Waals surface area contributed by atoms with Crippen LogP contribution in [0.2, 0.25) is 0 Å². The maximum Gasteiger partial charge on any atom is 0.255 e. The van der Waals surface area contributed by atoms with Crippen LogP contribution in [0.15, 0.2) is 22.7 Å². The lowest BCUT2D eigenvalue weighted by Gasteiger charge is -2.42. The van der Waals surface area contributed by atoms with E-state index in [-0.39, 0.29) is 5.91 Å². The van der Waals surface area contributed by atoms with Gasteiger partial charge < -0.3 is 4.90 Å². The topological polar surface area (TPSA) is 23.6 Å². The highest BCUT2D eigenvalue weighted by molar-refractivity contribution is 9.10. The summed E-state index contributed by atoms with van der Waals surface area (Å²) in [6.07, 6.45) is 0. The van der Waals surface area contributed by atoms with Crippen molar-refractivity contribution >= 4 is 21.8 Å². The summed E-state index contributed by atoms with van der Waals surface area (Å²) in [4.78, 5) is 16.9. The van der Waals surface area contributed by atoms with Crippen LogP contribution >= 0.6 is 15.9 Å². The summed E-state index contributed by atoms with van der Waals surface area (Å²) < 4.78 is 0.886. The molecule has 0 N–H and O–H groups in total. The molecule has 1 heterocycles. The number of nitrogens with zero attached hydrogens (tertiary/aromatic N) is 2. The first-order chi connectivity index (χ1) is 8.90. The van der Waals surface area contributed by atoms with Crippen molar-refractivity contribution in [3.05, 3.63) is 33.8 Å². The summed E-state index contributed by atoms with van der Waals surface area (Å²) in [6, 6.07) is 6.70. The molecule has 2 atom stereocenters. The number of benzene rings is 1. The Morgan fingerprint density at radius 1 is 1.26 bits per heavy atom. The molecule has 1 fully saturated rings. The molecule has 0 aliphatic carbocycles. The van der Waals surface area contributed by atoms with E-state index in [1.165, 1.54) is 0 Å². The van der Waals surface area contributed by atoms with Crippen molar-refractivity contribution in [1.82, 2.24) is 9.80 Å². The largest absolute Gasteiger partial charge is 0.335 e. The van der Waals surface area contributed by atoms with Gasteiger partial charge in [-0.2, -0.15) is 0 Å². The maximum atomic E-state index is 12.6. The second-order valence-corrected chi connectivity index (χ2v) is 6.41. The fourth-order valence-corrected chi connectivity index (χ4v) is 3.20. The fraction of sp³-hybridized carbons (Fsp3) is 0.533. The van der Waals surface area contributed by atoms with Gasteiger partial charge in [0.2, 0.25) is 0 Å². The van der Waals surface area contributed by atoms with E-state index in [1.54, 1.807) is 0 Å². The summed E-state index contributed by atoms with van der Waals surface area (Å²) in [5.41, 5.74) is 1.91. The zero-order valence-corrected chi connectivity index (χ0v) is 13.6. The van der Waals surface area contributed by atoms with E-state index >= 15 is 0 Å². The molecule has 0 aromatic heterocycles. The highest BCUT2D eigenvalue weighted by Gasteiger charge is 2.30. The van der Waals surface area contributed by atoms with E-state index < -0.39 is 0 Å². The number of hydrogen-bond donors (Lipinski definition) is 0. The number of likely N-dealkylation sites (N-methyl/N-ethyl adjacent to an activating group) is 1. The SMILES string of the molecule is Cc1ccc(C(=O)N2CC(C)N(C)C(C)C2)c(Br)c1. The molecule has 0 bridgehead atoms. The smallest absolute Gasteiger partial charge is 0.255 e. The molecule has 1 aliphatic rings. The summed E-state index contributed by atoms with van der Waals surface area (Å²) in [5, 5.41) is 0. The molecule has 0 saturated carbocycles. The molecule has 3 nitrogen and oxygen atoms in total. The number of piperazine rings is 1. The summed E-state index contributed by atoms with van der Waals surface area (Å²) >= 11 is 3.50. The first-order valence-electron chi connectivity index (χ1n) is 6.67. The van der Waals surface area contributed by atoms with Crippen molar-refractivity contribution in [1.29, 1.82) is 0 Å². The van der Waals surface area contributed by atoms with Gasteiger partial charge in [0, 0.05) is 29.6 Å². The van der Waals surface area contributed by atoms with Crippen LogP contribution in [0.1, 0.15) is 29.8 Å². The Morgan fingerprint density at radius 2 is 1.84 bits per heavy atom. The van der Waals surface area contributed by atoms with Crippen LogP contribution in [-0.4, -0.2) is 47.9 Å². The monoisotopic (exact) mass is 324 g/mol. The molecule has 1 aromatic carbocycles. The third kappa shape index (κ3) is 3.00. The Kier molecular flexibility index (Phi) is 4.31. The molecule has 104 valence electrons. The van der Waals surface area contributed by atoms with Gasteiger partial charge in [0.05, 0.1) is 5.56 Å². The van der Waals surface area contributed by atoms with Crippen LogP contribution < -0.4 is 0 Å². The van der Waals surface area contributed by atoms with Crippen molar-refractivity contribution in [2.45, 2.75) is 32.9 Å². The van der Waals surface area contributed by atoms with Crippen molar-refractivity contribution in [3.8, 4) is 0 Å². The molecule has 1 aliphatic heterocycles. The van der Waals surface area contributed by atoms with Crippen LogP contribution in [0.4, 0.5) is 0 Å². The van der Waals surface area contributed by atoms with Gasteiger partial charge in [0.25, 0.3) is 5.91 Å². The second-order valence-electron chi connectivity index (χ2n) is 5.56. The molecule has 1 aromatic rings. The minimum Gasteiger partial charge on any atom is -0.335 e. The van der Waals surface area contributed by atoms with Gasteiger partial charge in [0.15, 0.2) is 0 Å². The number of hydrogen-bond acceptors (Lipinski definition) is 2. The van der Waals surface area contributed by atoms with Crippen LogP contribution in [0.3, 0.4) is 0 Å². The molecule has 0 spiro atoms. The second kappa shape index (κ2) is 5.63. The van der Waals surface area contributed by atoms with Gasteiger partial charge in [-0.05, 0) is 61.4 Å². The van der Waals surface area contributed by atoms with E-state index in [1.807, 2.05) is 30.0 Å². The Bertz CT molecular complexity index is 477. The summed E-state index contributed by atoms with van der Waals surface area (Å²) in [5.74, 6) is 0.124. The quantitative estimate of drug-likeness (QED) is 0.793. The van der Waals surface area contributed by atoms with Crippen molar-refractivity contribution in [3.63, 3.8) is 0 Å². The highest BCUT2D eigenvalue weighted by Crippen LogP contribution is 2.22. The Labute approximate surface area is 123 Å². The van der Waals surface area contributed by atoms with Crippen LogP contribution in [0.25, 0.3) is 0 Å². The Hall–Kier alpha value is -0.870. The number of carbonyl (C=O) groups excluding carboxylic acids is 1. The standard InChI is InChI=1S/C15H21BrN2O/c1-10-5-6-13(14(16)7-10)15(19)18-8-11(2)17(4)12(3)9-18/h5-7,11-12H,8-9H2,1-4H3. The van der Waals surface area contributed by atoms with E-state index in [0.29, 0.717) is 12.1 Å². The third-order valence-electron chi connectivity index (χ3n) is 4.00. The molecular weight excluding hydrogens is 304 g/mol. The van der Waals surface area contributed by atoms with E-state index in [2.05, 4.69) is 41.7 Å². The Balaban J connectivity index is 2.20. The molecule has 4 heteroatoms. The minimum absolute atomic E-state index is 0.124. The average Bonchev–Trinajstić information content (AvgIpc) is 2.34. The number of amides is 1. The lowest BCUT2D eigenvalue weighted by Crippen LogP contribution is -2.56. The fourth-order valence-electron chi connectivity index (χ4n) is 2.53. The van der Waals surface area contributed by atoms with Gasteiger partial charge in [-0.3, -0.25) is 9.69 Å². The first kappa shape index (κ1) is 14.5. The molecule has 19 heavy (non-hydrogen) atoms. The molecule has 2 rings (SSSR count). The van der Waals surface area contributed by atoms with Crippen LogP contribution in [0.5, 0.6) is 0 Å². The average molecular weight is 325 g/mol. The van der Waals surface area contributed by atoms with Crippen LogP contribution in [0, 0.1) is 6.92 Å².